The van der Waals surface area contributed by atoms with Crippen molar-refractivity contribution in [2.75, 3.05) is 26.1 Å². The molecule has 8 nitrogen and oxygen atoms in total. The fourth-order valence-corrected chi connectivity index (χ4v) is 2.55. The Morgan fingerprint density at radius 1 is 1.10 bits per heavy atom. The largest absolute Gasteiger partial charge is 0.494 e. The van der Waals surface area contributed by atoms with Crippen LogP contribution in [0.3, 0.4) is 0 Å². The van der Waals surface area contributed by atoms with Crippen LogP contribution in [0.1, 0.15) is 25.8 Å². The van der Waals surface area contributed by atoms with Crippen LogP contribution < -0.4 is 19.5 Å². The van der Waals surface area contributed by atoms with Gasteiger partial charge in [-0.2, -0.15) is 0 Å². The van der Waals surface area contributed by atoms with Gasteiger partial charge in [-0.3, -0.25) is 14.9 Å². The second-order valence-corrected chi connectivity index (χ2v) is 6.91. The highest BCUT2D eigenvalue weighted by Gasteiger charge is 2.12. The van der Waals surface area contributed by atoms with Crippen LogP contribution in [-0.4, -0.2) is 31.7 Å². The molecule has 8 heteroatoms. The molecule has 0 spiro atoms. The fourth-order valence-electron chi connectivity index (χ4n) is 2.55. The molecule has 1 amide bonds. The lowest BCUT2D eigenvalue weighted by Gasteiger charge is -2.12. The number of amides is 1. The van der Waals surface area contributed by atoms with E-state index in [0.717, 1.165) is 12.0 Å². The molecule has 2 rings (SSSR count). The van der Waals surface area contributed by atoms with Gasteiger partial charge >= 0.3 is 0 Å². The summed E-state index contributed by atoms with van der Waals surface area (Å²) in [5, 5.41) is 13.5. The number of carbonyl (C=O) groups excluding carboxylic acids is 1. The summed E-state index contributed by atoms with van der Waals surface area (Å²) < 4.78 is 16.3. The Kier molecular flexibility index (Phi) is 8.22. The zero-order chi connectivity index (χ0) is 22.1. The van der Waals surface area contributed by atoms with E-state index in [0.29, 0.717) is 29.7 Å². The van der Waals surface area contributed by atoms with Crippen molar-refractivity contribution < 1.29 is 23.9 Å². The van der Waals surface area contributed by atoms with E-state index in [4.69, 9.17) is 14.2 Å². The number of ether oxygens (including phenoxy) is 3. The molecule has 0 unspecified atom stereocenters. The molecule has 0 aliphatic heterocycles. The van der Waals surface area contributed by atoms with Gasteiger partial charge in [0.05, 0.1) is 37.5 Å². The van der Waals surface area contributed by atoms with Gasteiger partial charge in [-0.15, -0.1) is 0 Å². The lowest BCUT2D eigenvalue weighted by Crippen LogP contribution is -2.09. The molecule has 0 aliphatic rings. The molecule has 0 saturated heterocycles. The third kappa shape index (κ3) is 6.51. The van der Waals surface area contributed by atoms with Gasteiger partial charge in [0.25, 0.3) is 5.69 Å². The Labute approximate surface area is 175 Å². The molecule has 0 radical (unpaired) electrons. The normalized spacial score (nSPS) is 10.8. The number of rotatable bonds is 10. The molecule has 0 saturated carbocycles. The first-order chi connectivity index (χ1) is 14.3. The third-order valence-corrected chi connectivity index (χ3v) is 4.22. The van der Waals surface area contributed by atoms with E-state index in [1.54, 1.807) is 25.3 Å². The number of carbonyl (C=O) groups is 1. The Hall–Kier alpha value is -3.55. The van der Waals surface area contributed by atoms with Gasteiger partial charge in [0.2, 0.25) is 5.91 Å². The van der Waals surface area contributed by atoms with Crippen LogP contribution in [0, 0.1) is 16.0 Å². The van der Waals surface area contributed by atoms with Crippen molar-refractivity contribution in [1.29, 1.82) is 0 Å². The first-order valence-electron chi connectivity index (χ1n) is 9.46. The maximum atomic E-state index is 12.3. The SMILES string of the molecule is COc1cc([N+](=O)[O-])ccc1NC(=O)/C=C/c1ccc(OCCC(C)C)c(OC)c1. The molecule has 0 aliphatic carbocycles. The van der Waals surface area contributed by atoms with Crippen molar-refractivity contribution in [2.24, 2.45) is 5.92 Å². The fraction of sp³-hybridized carbons (Fsp3) is 0.318. The van der Waals surface area contributed by atoms with E-state index in [9.17, 15) is 14.9 Å². The van der Waals surface area contributed by atoms with E-state index in [1.165, 1.54) is 31.4 Å². The number of benzene rings is 2. The minimum Gasteiger partial charge on any atom is -0.494 e. The topological polar surface area (TPSA) is 99.9 Å². The summed E-state index contributed by atoms with van der Waals surface area (Å²) in [6.45, 7) is 4.86. The maximum absolute atomic E-state index is 12.3. The van der Waals surface area contributed by atoms with Crippen LogP contribution in [0.2, 0.25) is 0 Å². The van der Waals surface area contributed by atoms with Gasteiger partial charge in [-0.05, 0) is 42.2 Å². The maximum Gasteiger partial charge on any atom is 0.273 e. The van der Waals surface area contributed by atoms with Crippen molar-refractivity contribution in [3.63, 3.8) is 0 Å². The predicted molar refractivity (Wildman–Crippen MR) is 115 cm³/mol. The van der Waals surface area contributed by atoms with Crippen molar-refractivity contribution in [3.05, 3.63) is 58.2 Å². The number of hydrogen-bond acceptors (Lipinski definition) is 6. The van der Waals surface area contributed by atoms with E-state index in [1.807, 2.05) is 6.07 Å². The Morgan fingerprint density at radius 3 is 2.47 bits per heavy atom. The number of anilines is 1. The summed E-state index contributed by atoms with van der Waals surface area (Å²) in [4.78, 5) is 22.6. The van der Waals surface area contributed by atoms with Crippen molar-refractivity contribution in [3.8, 4) is 17.2 Å². The van der Waals surface area contributed by atoms with Gasteiger partial charge in [0.1, 0.15) is 5.75 Å². The number of nitrogens with zero attached hydrogens (tertiary/aromatic N) is 1. The molecule has 0 fully saturated rings. The average molecular weight is 414 g/mol. The second kappa shape index (κ2) is 10.8. The lowest BCUT2D eigenvalue weighted by molar-refractivity contribution is -0.384. The Balaban J connectivity index is 2.06. The third-order valence-electron chi connectivity index (χ3n) is 4.22. The first kappa shape index (κ1) is 22.7. The van der Waals surface area contributed by atoms with E-state index >= 15 is 0 Å². The Morgan fingerprint density at radius 2 is 1.83 bits per heavy atom. The van der Waals surface area contributed by atoms with Gasteiger partial charge in [-0.1, -0.05) is 19.9 Å². The number of non-ortho nitro benzene ring substituents is 1. The van der Waals surface area contributed by atoms with E-state index in [-0.39, 0.29) is 11.4 Å². The summed E-state index contributed by atoms with van der Waals surface area (Å²) in [6, 6.07) is 9.38. The Bertz CT molecular complexity index is 924. The molecule has 30 heavy (non-hydrogen) atoms. The summed E-state index contributed by atoms with van der Waals surface area (Å²) in [5.74, 6) is 1.58. The summed E-state index contributed by atoms with van der Waals surface area (Å²) in [6.07, 6.45) is 3.93. The molecular weight excluding hydrogens is 388 g/mol. The monoisotopic (exact) mass is 414 g/mol. The van der Waals surface area contributed by atoms with Crippen LogP contribution in [-0.2, 0) is 4.79 Å². The van der Waals surface area contributed by atoms with E-state index in [2.05, 4.69) is 19.2 Å². The van der Waals surface area contributed by atoms with Crippen LogP contribution in [0.25, 0.3) is 6.08 Å². The standard InChI is InChI=1S/C22H26N2O6/c1-15(2)11-12-30-19-9-5-16(13-21(19)29-4)6-10-22(25)23-18-8-7-17(24(26)27)14-20(18)28-3/h5-10,13-15H,11-12H2,1-4H3,(H,23,25)/b10-6+. The smallest absolute Gasteiger partial charge is 0.273 e. The minimum absolute atomic E-state index is 0.122. The number of hydrogen-bond donors (Lipinski definition) is 1. The highest BCUT2D eigenvalue weighted by molar-refractivity contribution is 6.02. The highest BCUT2D eigenvalue weighted by Crippen LogP contribution is 2.30. The summed E-state index contributed by atoms with van der Waals surface area (Å²) in [5.41, 5.74) is 0.973. The molecule has 1 N–H and O–H groups in total. The molecule has 2 aromatic rings. The summed E-state index contributed by atoms with van der Waals surface area (Å²) >= 11 is 0. The van der Waals surface area contributed by atoms with Crippen LogP contribution in [0.15, 0.2) is 42.5 Å². The number of methoxy groups -OCH3 is 2. The number of nitro benzene ring substituents is 1. The van der Waals surface area contributed by atoms with Crippen LogP contribution >= 0.6 is 0 Å². The van der Waals surface area contributed by atoms with Gasteiger partial charge in [0.15, 0.2) is 11.5 Å². The highest BCUT2D eigenvalue weighted by atomic mass is 16.6. The van der Waals surface area contributed by atoms with Gasteiger partial charge in [-0.25, -0.2) is 0 Å². The number of nitrogens with one attached hydrogen (secondary N) is 1. The predicted octanol–water partition coefficient (Wildman–Crippen LogP) is 4.69. The van der Waals surface area contributed by atoms with Crippen LogP contribution in [0.4, 0.5) is 11.4 Å². The average Bonchev–Trinajstić information content (AvgIpc) is 2.72. The van der Waals surface area contributed by atoms with Crippen molar-refractivity contribution >= 4 is 23.4 Å². The van der Waals surface area contributed by atoms with Crippen molar-refractivity contribution in [2.45, 2.75) is 20.3 Å². The first-order valence-corrected chi connectivity index (χ1v) is 9.46. The molecule has 0 bridgehead atoms. The number of nitro groups is 1. The van der Waals surface area contributed by atoms with Gasteiger partial charge < -0.3 is 19.5 Å². The minimum atomic E-state index is -0.530. The quantitative estimate of drug-likeness (QED) is 0.344. The van der Waals surface area contributed by atoms with Gasteiger partial charge in [0, 0.05) is 12.1 Å². The van der Waals surface area contributed by atoms with Crippen molar-refractivity contribution in [1.82, 2.24) is 0 Å². The molecule has 0 heterocycles. The molecular formula is C22H26N2O6. The zero-order valence-electron chi connectivity index (χ0n) is 17.5. The van der Waals surface area contributed by atoms with E-state index < -0.39 is 10.8 Å². The summed E-state index contributed by atoms with van der Waals surface area (Å²) in [7, 11) is 2.94. The second-order valence-electron chi connectivity index (χ2n) is 6.91. The molecule has 2 aromatic carbocycles. The molecule has 160 valence electrons. The van der Waals surface area contributed by atoms with Crippen LogP contribution in [0.5, 0.6) is 17.2 Å². The zero-order valence-corrected chi connectivity index (χ0v) is 17.5. The molecule has 0 aromatic heterocycles. The molecule has 0 atom stereocenters. The lowest BCUT2D eigenvalue weighted by atomic mass is 10.1.